The monoisotopic (exact) mass is 399 g/mol. The molecule has 29 heavy (non-hydrogen) atoms. The second-order valence-corrected chi connectivity index (χ2v) is 7.15. The second kappa shape index (κ2) is 6.33. The topological polar surface area (TPSA) is 75.1 Å². The molecule has 0 saturated heterocycles. The normalized spacial score (nSPS) is 18.5. The molecule has 6 nitrogen and oxygen atoms in total. The number of aromatic nitrogens is 4. The number of amides is 1. The van der Waals surface area contributed by atoms with Gasteiger partial charge in [0.2, 0.25) is 5.91 Å². The number of pyridine rings is 1. The van der Waals surface area contributed by atoms with Crippen LogP contribution in [-0.2, 0) is 11.2 Å². The molecule has 148 valence electrons. The van der Waals surface area contributed by atoms with Crippen LogP contribution in [0.2, 0.25) is 0 Å². The summed E-state index contributed by atoms with van der Waals surface area (Å²) in [4.78, 5) is 16.2. The average molecular weight is 399 g/mol. The van der Waals surface area contributed by atoms with E-state index in [4.69, 9.17) is 0 Å². The van der Waals surface area contributed by atoms with Crippen molar-refractivity contribution in [2.45, 2.75) is 25.9 Å². The first-order valence-electron chi connectivity index (χ1n) is 9.25. The summed E-state index contributed by atoms with van der Waals surface area (Å²) < 4.78 is 43.7. The van der Waals surface area contributed by atoms with Crippen molar-refractivity contribution in [2.75, 3.05) is 5.32 Å². The summed E-state index contributed by atoms with van der Waals surface area (Å²) >= 11 is 0. The number of fused-ring (bicyclic) bond motifs is 2. The number of nitrogens with one attached hydrogen (secondary N) is 2. The molecular weight excluding hydrogens is 383 g/mol. The molecule has 4 aromatic rings. The standard InChI is InChI=1S/C20H16F3N5O/c1-2-10-16(12-6-24-27-19(12)18(23)17(10)22)9-3-4-15-25-14(8-28(15)7-9)26-20(29)11-5-13(11)21/h3-4,6-8,11,13H,2,5H2,1H3,(H,24,27)(H,26,29). The van der Waals surface area contributed by atoms with Crippen molar-refractivity contribution >= 4 is 28.3 Å². The van der Waals surface area contributed by atoms with Crippen molar-refractivity contribution in [3.63, 3.8) is 0 Å². The van der Waals surface area contributed by atoms with Crippen LogP contribution in [0.5, 0.6) is 0 Å². The molecule has 1 aliphatic carbocycles. The smallest absolute Gasteiger partial charge is 0.231 e. The van der Waals surface area contributed by atoms with Crippen molar-refractivity contribution in [1.29, 1.82) is 0 Å². The lowest BCUT2D eigenvalue weighted by atomic mass is 9.95. The lowest BCUT2D eigenvalue weighted by molar-refractivity contribution is -0.117. The Morgan fingerprint density at radius 2 is 2.10 bits per heavy atom. The molecule has 0 bridgehead atoms. The number of alkyl halides is 1. The number of rotatable bonds is 4. The van der Waals surface area contributed by atoms with Gasteiger partial charge in [0.05, 0.1) is 18.3 Å². The van der Waals surface area contributed by atoms with E-state index in [9.17, 15) is 18.0 Å². The molecule has 9 heteroatoms. The van der Waals surface area contributed by atoms with Crippen LogP contribution in [0.3, 0.4) is 0 Å². The first-order valence-corrected chi connectivity index (χ1v) is 9.25. The van der Waals surface area contributed by atoms with Gasteiger partial charge in [-0.2, -0.15) is 5.10 Å². The van der Waals surface area contributed by atoms with Crippen LogP contribution in [0, 0.1) is 17.6 Å². The van der Waals surface area contributed by atoms with Gasteiger partial charge < -0.3 is 9.72 Å². The minimum atomic E-state index is -1.09. The van der Waals surface area contributed by atoms with E-state index in [0.29, 0.717) is 34.4 Å². The van der Waals surface area contributed by atoms with Crippen LogP contribution in [0.15, 0.2) is 30.7 Å². The molecule has 3 aromatic heterocycles. The Bertz CT molecular complexity index is 1280. The SMILES string of the molecule is CCc1c(F)c(F)c2[nH]ncc2c1-c1ccc2nc(NC(=O)C3CC3F)cn2c1. The summed E-state index contributed by atoms with van der Waals surface area (Å²) in [6.07, 6.45) is 4.25. The average Bonchev–Trinajstić information content (AvgIpc) is 3.09. The molecular formula is C20H16F3N5O. The molecule has 1 aliphatic rings. The van der Waals surface area contributed by atoms with Crippen molar-refractivity contribution in [2.24, 2.45) is 5.92 Å². The highest BCUT2D eigenvalue weighted by atomic mass is 19.2. The largest absolute Gasteiger partial charge is 0.309 e. The summed E-state index contributed by atoms with van der Waals surface area (Å²) in [6.45, 7) is 1.76. The maximum atomic E-state index is 14.6. The lowest BCUT2D eigenvalue weighted by Crippen LogP contribution is -2.15. The molecule has 1 fully saturated rings. The summed E-state index contributed by atoms with van der Waals surface area (Å²) in [7, 11) is 0. The van der Waals surface area contributed by atoms with Gasteiger partial charge >= 0.3 is 0 Å². The van der Waals surface area contributed by atoms with Crippen LogP contribution in [-0.4, -0.2) is 31.7 Å². The summed E-state index contributed by atoms with van der Waals surface area (Å²) in [5.41, 5.74) is 2.03. The van der Waals surface area contributed by atoms with E-state index in [1.54, 1.807) is 35.9 Å². The molecule has 0 aliphatic heterocycles. The number of nitrogens with zero attached hydrogens (tertiary/aromatic N) is 3. The summed E-state index contributed by atoms with van der Waals surface area (Å²) in [5.74, 6) is -2.55. The van der Waals surface area contributed by atoms with Gasteiger partial charge in [0, 0.05) is 17.1 Å². The maximum Gasteiger partial charge on any atom is 0.231 e. The van der Waals surface area contributed by atoms with Gasteiger partial charge in [-0.25, -0.2) is 18.2 Å². The Morgan fingerprint density at radius 3 is 2.83 bits per heavy atom. The highest BCUT2D eigenvalue weighted by Gasteiger charge is 2.43. The number of hydrogen-bond acceptors (Lipinski definition) is 3. The molecule has 0 radical (unpaired) electrons. The number of carbonyl (C=O) groups is 1. The molecule has 0 spiro atoms. The molecule has 2 N–H and O–H groups in total. The van der Waals surface area contributed by atoms with Crippen LogP contribution in [0.1, 0.15) is 18.9 Å². The van der Waals surface area contributed by atoms with Gasteiger partial charge in [-0.1, -0.05) is 6.92 Å². The van der Waals surface area contributed by atoms with Gasteiger partial charge in [0.1, 0.15) is 17.3 Å². The van der Waals surface area contributed by atoms with Gasteiger partial charge in [-0.15, -0.1) is 0 Å². The number of hydrogen-bond donors (Lipinski definition) is 2. The van der Waals surface area contributed by atoms with E-state index in [2.05, 4.69) is 20.5 Å². The van der Waals surface area contributed by atoms with Crippen LogP contribution in [0.25, 0.3) is 27.7 Å². The van der Waals surface area contributed by atoms with E-state index in [1.807, 2.05) is 0 Å². The van der Waals surface area contributed by atoms with Crippen molar-refractivity contribution in [1.82, 2.24) is 19.6 Å². The van der Waals surface area contributed by atoms with Crippen LogP contribution in [0.4, 0.5) is 19.0 Å². The number of benzene rings is 1. The Kier molecular flexibility index (Phi) is 3.87. The number of aromatic amines is 1. The third kappa shape index (κ3) is 2.76. The first-order chi connectivity index (χ1) is 14.0. The first kappa shape index (κ1) is 17.7. The number of carbonyl (C=O) groups excluding carboxylic acids is 1. The van der Waals surface area contributed by atoms with Crippen molar-refractivity contribution in [3.05, 3.63) is 47.9 Å². The molecule has 1 aromatic carbocycles. The fourth-order valence-electron chi connectivity index (χ4n) is 3.67. The summed E-state index contributed by atoms with van der Waals surface area (Å²) in [6, 6.07) is 3.47. The predicted molar refractivity (Wildman–Crippen MR) is 101 cm³/mol. The van der Waals surface area contributed by atoms with E-state index in [1.165, 1.54) is 6.20 Å². The zero-order valence-electron chi connectivity index (χ0n) is 15.3. The van der Waals surface area contributed by atoms with E-state index < -0.39 is 29.6 Å². The second-order valence-electron chi connectivity index (χ2n) is 7.15. The fraction of sp³-hybridized carbons (Fsp3) is 0.250. The Balaban J connectivity index is 1.60. The van der Waals surface area contributed by atoms with E-state index in [-0.39, 0.29) is 17.5 Å². The zero-order valence-corrected chi connectivity index (χ0v) is 15.3. The maximum absolute atomic E-state index is 14.6. The minimum absolute atomic E-state index is 0.0126. The molecule has 5 rings (SSSR count). The molecule has 1 amide bonds. The number of halogens is 3. The van der Waals surface area contributed by atoms with Crippen LogP contribution < -0.4 is 5.32 Å². The Hall–Kier alpha value is -3.36. The van der Waals surface area contributed by atoms with Crippen molar-refractivity contribution < 1.29 is 18.0 Å². The lowest BCUT2D eigenvalue weighted by Gasteiger charge is -2.12. The molecule has 2 unspecified atom stereocenters. The zero-order chi connectivity index (χ0) is 20.3. The molecule has 3 heterocycles. The Labute approximate surface area is 162 Å². The Morgan fingerprint density at radius 1 is 1.31 bits per heavy atom. The highest BCUT2D eigenvalue weighted by molar-refractivity contribution is 5.97. The minimum Gasteiger partial charge on any atom is -0.309 e. The van der Waals surface area contributed by atoms with Gasteiger partial charge in [0.15, 0.2) is 17.5 Å². The quantitative estimate of drug-likeness (QED) is 0.544. The van der Waals surface area contributed by atoms with E-state index >= 15 is 0 Å². The third-order valence-electron chi connectivity index (χ3n) is 5.28. The summed E-state index contributed by atoms with van der Waals surface area (Å²) in [5, 5.41) is 9.47. The predicted octanol–water partition coefficient (Wildman–Crippen LogP) is 4.01. The molecule has 1 saturated carbocycles. The van der Waals surface area contributed by atoms with Gasteiger partial charge in [-0.3, -0.25) is 9.89 Å². The number of imidazole rings is 1. The number of anilines is 1. The molecule has 2 atom stereocenters. The van der Waals surface area contributed by atoms with E-state index in [0.717, 1.165) is 0 Å². The van der Waals surface area contributed by atoms with Gasteiger partial charge in [-0.05, 0) is 36.1 Å². The highest BCUT2D eigenvalue weighted by Crippen LogP contribution is 2.36. The fourth-order valence-corrected chi connectivity index (χ4v) is 3.67. The third-order valence-corrected chi connectivity index (χ3v) is 5.28. The van der Waals surface area contributed by atoms with Crippen molar-refractivity contribution in [3.8, 4) is 11.1 Å². The number of H-pyrrole nitrogens is 1. The van der Waals surface area contributed by atoms with Crippen LogP contribution >= 0.6 is 0 Å². The van der Waals surface area contributed by atoms with Gasteiger partial charge in [0.25, 0.3) is 0 Å².